The quantitative estimate of drug-likeness (QED) is 0.831. The summed E-state index contributed by atoms with van der Waals surface area (Å²) in [5.74, 6) is -0.161. The van der Waals surface area contributed by atoms with Crippen molar-refractivity contribution in [1.29, 1.82) is 0 Å². The Morgan fingerprint density at radius 1 is 1.42 bits per heavy atom. The Hall–Kier alpha value is -1.62. The van der Waals surface area contributed by atoms with Crippen molar-refractivity contribution in [1.82, 2.24) is 9.88 Å². The first-order valence-corrected chi connectivity index (χ1v) is 6.51. The second kappa shape index (κ2) is 6.02. The standard InChI is InChI=1S/C14H23N3O2/c1-5-14(3,4)16-12(18)9-17-10(2)6-7-11(8-15)13(17)19/h6-7H,5,8-9,15H2,1-4H3,(H,16,18). The molecule has 0 bridgehead atoms. The first-order chi connectivity index (χ1) is 8.80. The van der Waals surface area contributed by atoms with Gasteiger partial charge in [-0.25, -0.2) is 0 Å². The number of carbonyl (C=O) groups excluding carboxylic acids is 1. The van der Waals surface area contributed by atoms with Crippen LogP contribution in [0.5, 0.6) is 0 Å². The fourth-order valence-electron chi connectivity index (χ4n) is 1.72. The number of nitrogens with zero attached hydrogens (tertiary/aromatic N) is 1. The summed E-state index contributed by atoms with van der Waals surface area (Å²) >= 11 is 0. The normalized spacial score (nSPS) is 11.4. The van der Waals surface area contributed by atoms with E-state index in [2.05, 4.69) is 5.32 Å². The van der Waals surface area contributed by atoms with Gasteiger partial charge in [-0.2, -0.15) is 0 Å². The number of hydrogen-bond acceptors (Lipinski definition) is 3. The van der Waals surface area contributed by atoms with E-state index >= 15 is 0 Å². The zero-order chi connectivity index (χ0) is 14.6. The smallest absolute Gasteiger partial charge is 0.255 e. The van der Waals surface area contributed by atoms with Gasteiger partial charge in [-0.15, -0.1) is 0 Å². The molecule has 3 N–H and O–H groups in total. The number of nitrogens with two attached hydrogens (primary N) is 1. The summed E-state index contributed by atoms with van der Waals surface area (Å²) in [4.78, 5) is 24.1. The maximum Gasteiger partial charge on any atom is 0.255 e. The van der Waals surface area contributed by atoms with Gasteiger partial charge in [0.15, 0.2) is 0 Å². The van der Waals surface area contributed by atoms with Gasteiger partial charge in [-0.3, -0.25) is 9.59 Å². The van der Waals surface area contributed by atoms with Crippen molar-refractivity contribution in [2.75, 3.05) is 0 Å². The number of nitrogens with one attached hydrogen (secondary N) is 1. The molecule has 0 aliphatic heterocycles. The Morgan fingerprint density at radius 2 is 2.05 bits per heavy atom. The predicted molar refractivity (Wildman–Crippen MR) is 75.8 cm³/mol. The molecule has 1 rings (SSSR count). The monoisotopic (exact) mass is 265 g/mol. The van der Waals surface area contributed by atoms with E-state index in [1.54, 1.807) is 13.0 Å². The van der Waals surface area contributed by atoms with E-state index in [9.17, 15) is 9.59 Å². The zero-order valence-electron chi connectivity index (χ0n) is 12.1. The molecule has 0 aliphatic carbocycles. The minimum absolute atomic E-state index is 0.0297. The van der Waals surface area contributed by atoms with Gasteiger partial charge >= 0.3 is 0 Å². The van der Waals surface area contributed by atoms with E-state index in [-0.39, 0.29) is 30.1 Å². The molecular formula is C14H23N3O2. The third kappa shape index (κ3) is 3.92. The first-order valence-electron chi connectivity index (χ1n) is 6.51. The molecule has 0 saturated heterocycles. The SMILES string of the molecule is CCC(C)(C)NC(=O)Cn1c(C)ccc(CN)c1=O. The molecule has 5 nitrogen and oxygen atoms in total. The molecule has 0 aliphatic rings. The molecule has 19 heavy (non-hydrogen) atoms. The number of carbonyl (C=O) groups is 1. The molecular weight excluding hydrogens is 242 g/mol. The molecule has 5 heteroatoms. The van der Waals surface area contributed by atoms with Crippen LogP contribution in [0, 0.1) is 6.92 Å². The molecule has 0 unspecified atom stereocenters. The van der Waals surface area contributed by atoms with E-state index in [4.69, 9.17) is 5.73 Å². The summed E-state index contributed by atoms with van der Waals surface area (Å²) in [6.45, 7) is 7.93. The Morgan fingerprint density at radius 3 is 2.58 bits per heavy atom. The summed E-state index contributed by atoms with van der Waals surface area (Å²) in [6.07, 6.45) is 0.829. The summed E-state index contributed by atoms with van der Waals surface area (Å²) in [6, 6.07) is 3.52. The van der Waals surface area contributed by atoms with E-state index in [1.165, 1.54) is 4.57 Å². The van der Waals surface area contributed by atoms with Crippen molar-refractivity contribution in [2.24, 2.45) is 5.73 Å². The summed E-state index contributed by atoms with van der Waals surface area (Å²) < 4.78 is 1.46. The van der Waals surface area contributed by atoms with Gasteiger partial charge in [0.25, 0.3) is 5.56 Å². The van der Waals surface area contributed by atoms with Gasteiger partial charge in [0.05, 0.1) is 0 Å². The number of rotatable bonds is 5. The Kier molecular flexibility index (Phi) is 4.89. The molecule has 1 heterocycles. The number of aryl methyl sites for hydroxylation is 1. The van der Waals surface area contributed by atoms with E-state index in [0.717, 1.165) is 12.1 Å². The third-order valence-corrected chi connectivity index (χ3v) is 3.35. The summed E-state index contributed by atoms with van der Waals surface area (Å²) in [5, 5.41) is 2.92. The average molecular weight is 265 g/mol. The van der Waals surface area contributed by atoms with Crippen molar-refractivity contribution < 1.29 is 4.79 Å². The van der Waals surface area contributed by atoms with Crippen LogP contribution >= 0.6 is 0 Å². The maximum atomic E-state index is 12.1. The Bertz CT molecular complexity index is 518. The summed E-state index contributed by atoms with van der Waals surface area (Å²) in [7, 11) is 0. The molecule has 1 amide bonds. The van der Waals surface area contributed by atoms with Crippen LogP contribution in [-0.2, 0) is 17.9 Å². The first kappa shape index (κ1) is 15.4. The van der Waals surface area contributed by atoms with Crippen LogP contribution in [0.25, 0.3) is 0 Å². The van der Waals surface area contributed by atoms with E-state index < -0.39 is 0 Å². The summed E-state index contributed by atoms with van der Waals surface area (Å²) in [5.41, 5.74) is 6.34. The minimum atomic E-state index is -0.264. The second-order valence-corrected chi connectivity index (χ2v) is 5.38. The van der Waals surface area contributed by atoms with Crippen LogP contribution in [-0.4, -0.2) is 16.0 Å². The van der Waals surface area contributed by atoms with Gasteiger partial charge in [0.2, 0.25) is 5.91 Å². The van der Waals surface area contributed by atoms with Crippen molar-refractivity contribution in [3.8, 4) is 0 Å². The fraction of sp³-hybridized carbons (Fsp3) is 0.571. The van der Waals surface area contributed by atoms with Gasteiger partial charge in [-0.1, -0.05) is 13.0 Å². The highest BCUT2D eigenvalue weighted by Crippen LogP contribution is 2.07. The highest BCUT2D eigenvalue weighted by molar-refractivity contribution is 5.76. The van der Waals surface area contributed by atoms with Gasteiger partial charge in [0.1, 0.15) is 6.54 Å². The van der Waals surface area contributed by atoms with Gasteiger partial charge in [0, 0.05) is 23.3 Å². The van der Waals surface area contributed by atoms with Crippen molar-refractivity contribution in [3.63, 3.8) is 0 Å². The molecule has 0 radical (unpaired) electrons. The number of hydrogen-bond donors (Lipinski definition) is 2. The average Bonchev–Trinajstić information content (AvgIpc) is 2.34. The van der Waals surface area contributed by atoms with Crippen LogP contribution in [0.2, 0.25) is 0 Å². The molecule has 0 aromatic carbocycles. The molecule has 106 valence electrons. The van der Waals surface area contributed by atoms with Crippen LogP contribution in [0.15, 0.2) is 16.9 Å². The van der Waals surface area contributed by atoms with Crippen LogP contribution in [0.3, 0.4) is 0 Å². The molecule has 0 spiro atoms. The highest BCUT2D eigenvalue weighted by atomic mass is 16.2. The van der Waals surface area contributed by atoms with E-state index in [0.29, 0.717) is 5.56 Å². The van der Waals surface area contributed by atoms with Crippen LogP contribution in [0.4, 0.5) is 0 Å². The molecule has 0 saturated carbocycles. The van der Waals surface area contributed by atoms with Crippen molar-refractivity contribution >= 4 is 5.91 Å². The third-order valence-electron chi connectivity index (χ3n) is 3.35. The van der Waals surface area contributed by atoms with E-state index in [1.807, 2.05) is 26.8 Å². The Balaban J connectivity index is 2.94. The topological polar surface area (TPSA) is 77.1 Å². The molecule has 1 aromatic rings. The van der Waals surface area contributed by atoms with Crippen molar-refractivity contribution in [3.05, 3.63) is 33.7 Å². The highest BCUT2D eigenvalue weighted by Gasteiger charge is 2.18. The number of aromatic nitrogens is 1. The molecule has 0 atom stereocenters. The van der Waals surface area contributed by atoms with Crippen LogP contribution < -0.4 is 16.6 Å². The van der Waals surface area contributed by atoms with Gasteiger partial charge < -0.3 is 15.6 Å². The second-order valence-electron chi connectivity index (χ2n) is 5.38. The lowest BCUT2D eigenvalue weighted by molar-refractivity contribution is -0.123. The molecule has 1 aromatic heterocycles. The number of pyridine rings is 1. The minimum Gasteiger partial charge on any atom is -0.350 e. The van der Waals surface area contributed by atoms with Gasteiger partial charge in [-0.05, 0) is 33.3 Å². The molecule has 0 fully saturated rings. The Labute approximate surface area is 113 Å². The largest absolute Gasteiger partial charge is 0.350 e. The lowest BCUT2D eigenvalue weighted by atomic mass is 10.0. The van der Waals surface area contributed by atoms with Crippen molar-refractivity contribution in [2.45, 2.75) is 52.7 Å². The van der Waals surface area contributed by atoms with Crippen LogP contribution in [0.1, 0.15) is 38.4 Å². The predicted octanol–water partition coefficient (Wildman–Crippen LogP) is 0.920. The lowest BCUT2D eigenvalue weighted by Gasteiger charge is -2.25. The lowest BCUT2D eigenvalue weighted by Crippen LogP contribution is -2.45. The fourth-order valence-corrected chi connectivity index (χ4v) is 1.72. The maximum absolute atomic E-state index is 12.1. The number of amides is 1. The zero-order valence-corrected chi connectivity index (χ0v) is 12.1.